The van der Waals surface area contributed by atoms with Gasteiger partial charge in [-0.2, -0.15) is 5.26 Å². The Kier molecular flexibility index (Phi) is 6.10. The van der Waals surface area contributed by atoms with Gasteiger partial charge in [0.25, 0.3) is 0 Å². The zero-order valence-corrected chi connectivity index (χ0v) is 11.7. The Balaban J connectivity index is 2.28. The second-order valence-corrected chi connectivity index (χ2v) is 5.13. The first-order chi connectivity index (χ1) is 8.54. The highest BCUT2D eigenvalue weighted by molar-refractivity contribution is 5.78. The van der Waals surface area contributed by atoms with Crippen molar-refractivity contribution in [2.75, 3.05) is 46.3 Å². The van der Waals surface area contributed by atoms with Gasteiger partial charge in [-0.1, -0.05) is 0 Å². The maximum Gasteiger partial charge on any atom is 0.236 e. The first-order valence-electron chi connectivity index (χ1n) is 6.62. The van der Waals surface area contributed by atoms with Gasteiger partial charge in [0, 0.05) is 45.8 Å². The third-order valence-electron chi connectivity index (χ3n) is 3.48. The molecule has 1 saturated heterocycles. The van der Waals surface area contributed by atoms with Gasteiger partial charge in [0.1, 0.15) is 0 Å². The molecule has 1 heterocycles. The minimum Gasteiger partial charge on any atom is -0.344 e. The van der Waals surface area contributed by atoms with Gasteiger partial charge in [-0.3, -0.25) is 14.6 Å². The molecule has 102 valence electrons. The van der Waals surface area contributed by atoms with E-state index in [1.165, 1.54) is 0 Å². The maximum absolute atomic E-state index is 11.9. The number of rotatable bonds is 5. The molecule has 0 N–H and O–H groups in total. The largest absolute Gasteiger partial charge is 0.344 e. The molecule has 1 fully saturated rings. The van der Waals surface area contributed by atoms with E-state index in [-0.39, 0.29) is 5.91 Å². The van der Waals surface area contributed by atoms with E-state index in [4.69, 9.17) is 5.26 Å². The van der Waals surface area contributed by atoms with Crippen LogP contribution in [0.1, 0.15) is 20.3 Å². The predicted octanol–water partition coefficient (Wildman–Crippen LogP) is 0.384. The van der Waals surface area contributed by atoms with Crippen molar-refractivity contribution in [1.82, 2.24) is 14.7 Å². The second-order valence-electron chi connectivity index (χ2n) is 5.13. The van der Waals surface area contributed by atoms with Crippen LogP contribution in [0.15, 0.2) is 0 Å². The number of carbonyl (C=O) groups is 1. The van der Waals surface area contributed by atoms with E-state index >= 15 is 0 Å². The monoisotopic (exact) mass is 252 g/mol. The lowest BCUT2D eigenvalue weighted by atomic mass is 10.2. The van der Waals surface area contributed by atoms with E-state index in [0.29, 0.717) is 25.6 Å². The van der Waals surface area contributed by atoms with Crippen LogP contribution in [0.4, 0.5) is 0 Å². The summed E-state index contributed by atoms with van der Waals surface area (Å²) >= 11 is 0. The number of hydrogen-bond acceptors (Lipinski definition) is 4. The quantitative estimate of drug-likeness (QED) is 0.710. The highest BCUT2D eigenvalue weighted by Crippen LogP contribution is 2.05. The number of carbonyl (C=O) groups excluding carboxylic acids is 1. The molecule has 5 heteroatoms. The standard InChI is InChI=1S/C13H24N4O/c1-12(2)17-9-7-16(8-10-17)11-13(18)15(3)6-4-5-14/h12H,4,6-11H2,1-3H3. The van der Waals surface area contributed by atoms with E-state index in [9.17, 15) is 4.79 Å². The number of likely N-dealkylation sites (N-methyl/N-ethyl adjacent to an activating group) is 1. The number of hydrogen-bond donors (Lipinski definition) is 0. The van der Waals surface area contributed by atoms with E-state index in [0.717, 1.165) is 26.2 Å². The highest BCUT2D eigenvalue weighted by Gasteiger charge is 2.21. The van der Waals surface area contributed by atoms with Gasteiger partial charge < -0.3 is 4.90 Å². The molecule has 0 radical (unpaired) electrons. The summed E-state index contributed by atoms with van der Waals surface area (Å²) in [6, 6.07) is 2.65. The zero-order chi connectivity index (χ0) is 13.5. The fourth-order valence-electron chi connectivity index (χ4n) is 2.09. The van der Waals surface area contributed by atoms with Crippen molar-refractivity contribution in [2.45, 2.75) is 26.3 Å². The molecule has 0 atom stereocenters. The molecule has 1 aliphatic heterocycles. The Bertz CT molecular complexity index is 303. The average molecular weight is 252 g/mol. The number of amides is 1. The van der Waals surface area contributed by atoms with Crippen molar-refractivity contribution in [3.05, 3.63) is 0 Å². The molecule has 0 aromatic carbocycles. The van der Waals surface area contributed by atoms with Crippen LogP contribution < -0.4 is 0 Å². The summed E-state index contributed by atoms with van der Waals surface area (Å²) in [5.74, 6) is 0.114. The van der Waals surface area contributed by atoms with Crippen LogP contribution in [0.5, 0.6) is 0 Å². The van der Waals surface area contributed by atoms with Crippen molar-refractivity contribution in [1.29, 1.82) is 5.26 Å². The first kappa shape index (κ1) is 14.9. The molecule has 0 aromatic heterocycles. The average Bonchev–Trinajstić information content (AvgIpc) is 2.36. The van der Waals surface area contributed by atoms with Crippen LogP contribution in [-0.2, 0) is 4.79 Å². The van der Waals surface area contributed by atoms with Crippen LogP contribution in [-0.4, -0.2) is 73.0 Å². The van der Waals surface area contributed by atoms with Crippen LogP contribution >= 0.6 is 0 Å². The maximum atomic E-state index is 11.9. The molecule has 18 heavy (non-hydrogen) atoms. The Labute approximate surface area is 110 Å². The molecule has 5 nitrogen and oxygen atoms in total. The molecule has 1 rings (SSSR count). The molecule has 0 saturated carbocycles. The number of nitriles is 1. The summed E-state index contributed by atoms with van der Waals surface area (Å²) in [6.07, 6.45) is 0.406. The van der Waals surface area contributed by atoms with Gasteiger partial charge in [0.2, 0.25) is 5.91 Å². The summed E-state index contributed by atoms with van der Waals surface area (Å²) in [6.45, 7) is 9.40. The van der Waals surface area contributed by atoms with Crippen molar-refractivity contribution >= 4 is 5.91 Å². The zero-order valence-electron chi connectivity index (χ0n) is 11.7. The lowest BCUT2D eigenvalue weighted by Gasteiger charge is -2.37. The Hall–Kier alpha value is -1.12. The fourth-order valence-corrected chi connectivity index (χ4v) is 2.09. The Morgan fingerprint density at radius 1 is 1.33 bits per heavy atom. The van der Waals surface area contributed by atoms with Gasteiger partial charge >= 0.3 is 0 Å². The minimum absolute atomic E-state index is 0.114. The third-order valence-corrected chi connectivity index (χ3v) is 3.48. The van der Waals surface area contributed by atoms with Crippen molar-refractivity contribution < 1.29 is 4.79 Å². The second kappa shape index (κ2) is 7.34. The van der Waals surface area contributed by atoms with Crippen LogP contribution in [0.3, 0.4) is 0 Å². The summed E-state index contributed by atoms with van der Waals surface area (Å²) < 4.78 is 0. The van der Waals surface area contributed by atoms with Crippen molar-refractivity contribution in [2.24, 2.45) is 0 Å². The summed E-state index contributed by atoms with van der Waals surface area (Å²) in [4.78, 5) is 18.2. The predicted molar refractivity (Wildman–Crippen MR) is 71.0 cm³/mol. The number of piperazine rings is 1. The van der Waals surface area contributed by atoms with Crippen molar-refractivity contribution in [3.8, 4) is 6.07 Å². The summed E-state index contributed by atoms with van der Waals surface area (Å²) in [5, 5.41) is 8.50. The van der Waals surface area contributed by atoms with E-state index in [1.807, 2.05) is 0 Å². The number of nitrogens with zero attached hydrogens (tertiary/aromatic N) is 4. The molecule has 0 unspecified atom stereocenters. The Morgan fingerprint density at radius 3 is 2.44 bits per heavy atom. The summed E-state index contributed by atoms with van der Waals surface area (Å²) in [7, 11) is 1.77. The van der Waals surface area contributed by atoms with Gasteiger partial charge in [0.05, 0.1) is 19.0 Å². The molecule has 0 aromatic rings. The lowest BCUT2D eigenvalue weighted by Crippen LogP contribution is -2.51. The smallest absolute Gasteiger partial charge is 0.236 e. The fraction of sp³-hybridized carbons (Fsp3) is 0.846. The summed E-state index contributed by atoms with van der Waals surface area (Å²) in [5.41, 5.74) is 0. The van der Waals surface area contributed by atoms with Gasteiger partial charge in [-0.05, 0) is 13.8 Å². The molecule has 1 amide bonds. The van der Waals surface area contributed by atoms with Gasteiger partial charge in [-0.15, -0.1) is 0 Å². The highest BCUT2D eigenvalue weighted by atomic mass is 16.2. The lowest BCUT2D eigenvalue weighted by molar-refractivity contribution is -0.131. The molecule has 0 aliphatic carbocycles. The van der Waals surface area contributed by atoms with Gasteiger partial charge in [-0.25, -0.2) is 0 Å². The molecular weight excluding hydrogens is 228 g/mol. The third kappa shape index (κ3) is 4.63. The molecule has 1 aliphatic rings. The van der Waals surface area contributed by atoms with Crippen LogP contribution in [0.25, 0.3) is 0 Å². The Morgan fingerprint density at radius 2 is 1.94 bits per heavy atom. The van der Waals surface area contributed by atoms with E-state index in [1.54, 1.807) is 11.9 Å². The van der Waals surface area contributed by atoms with Crippen LogP contribution in [0, 0.1) is 11.3 Å². The molecule has 0 bridgehead atoms. The minimum atomic E-state index is 0.114. The van der Waals surface area contributed by atoms with Gasteiger partial charge in [0.15, 0.2) is 0 Å². The normalized spacial score (nSPS) is 17.7. The topological polar surface area (TPSA) is 50.6 Å². The SMILES string of the molecule is CC(C)N1CCN(CC(=O)N(C)CCC#N)CC1. The van der Waals surface area contributed by atoms with E-state index < -0.39 is 0 Å². The van der Waals surface area contributed by atoms with Crippen molar-refractivity contribution in [3.63, 3.8) is 0 Å². The van der Waals surface area contributed by atoms with Crippen LogP contribution in [0.2, 0.25) is 0 Å². The first-order valence-corrected chi connectivity index (χ1v) is 6.62. The van der Waals surface area contributed by atoms with E-state index in [2.05, 4.69) is 29.7 Å². The molecular formula is C13H24N4O. The molecule has 0 spiro atoms.